The summed E-state index contributed by atoms with van der Waals surface area (Å²) in [5.41, 5.74) is 1.70. The SMILES string of the molecule is CC.CCNC(=O)c1c[nH]c(C)c1. The molecule has 74 valence electrons. The van der Waals surface area contributed by atoms with E-state index in [1.54, 1.807) is 6.20 Å². The lowest BCUT2D eigenvalue weighted by Gasteiger charge is -1.96. The van der Waals surface area contributed by atoms with Gasteiger partial charge in [0, 0.05) is 18.4 Å². The number of carbonyl (C=O) groups excluding carboxylic acids is 1. The van der Waals surface area contributed by atoms with Gasteiger partial charge >= 0.3 is 0 Å². The third kappa shape index (κ3) is 3.78. The average Bonchev–Trinajstić information content (AvgIpc) is 2.56. The van der Waals surface area contributed by atoms with Gasteiger partial charge in [-0.15, -0.1) is 0 Å². The summed E-state index contributed by atoms with van der Waals surface area (Å²) in [4.78, 5) is 14.1. The van der Waals surface area contributed by atoms with Crippen LogP contribution in [0.15, 0.2) is 12.3 Å². The van der Waals surface area contributed by atoms with Crippen molar-refractivity contribution in [1.82, 2.24) is 10.3 Å². The van der Waals surface area contributed by atoms with E-state index in [0.29, 0.717) is 12.1 Å². The number of nitrogens with one attached hydrogen (secondary N) is 2. The monoisotopic (exact) mass is 182 g/mol. The minimum atomic E-state index is -0.0168. The third-order valence-electron chi connectivity index (χ3n) is 1.43. The van der Waals surface area contributed by atoms with Crippen molar-refractivity contribution in [3.63, 3.8) is 0 Å². The largest absolute Gasteiger partial charge is 0.364 e. The lowest BCUT2D eigenvalue weighted by molar-refractivity contribution is 0.0956. The van der Waals surface area contributed by atoms with E-state index in [1.807, 2.05) is 33.8 Å². The molecule has 0 saturated carbocycles. The lowest BCUT2D eigenvalue weighted by atomic mass is 10.3. The van der Waals surface area contributed by atoms with Gasteiger partial charge < -0.3 is 10.3 Å². The van der Waals surface area contributed by atoms with Crippen LogP contribution >= 0.6 is 0 Å². The van der Waals surface area contributed by atoms with Crippen LogP contribution in [0.5, 0.6) is 0 Å². The normalized spacial score (nSPS) is 8.62. The molecule has 0 aliphatic heterocycles. The van der Waals surface area contributed by atoms with E-state index in [0.717, 1.165) is 5.69 Å². The van der Waals surface area contributed by atoms with Crippen molar-refractivity contribution in [3.05, 3.63) is 23.5 Å². The molecule has 2 N–H and O–H groups in total. The second-order valence-corrected chi connectivity index (χ2v) is 2.43. The Balaban J connectivity index is 0.000000671. The Labute approximate surface area is 79.5 Å². The van der Waals surface area contributed by atoms with Gasteiger partial charge in [-0.05, 0) is 19.9 Å². The number of hydrogen-bond donors (Lipinski definition) is 2. The van der Waals surface area contributed by atoms with Crippen LogP contribution in [0.2, 0.25) is 0 Å². The number of rotatable bonds is 2. The molecule has 1 heterocycles. The van der Waals surface area contributed by atoms with Gasteiger partial charge in [0.15, 0.2) is 0 Å². The predicted molar refractivity (Wildman–Crippen MR) is 54.9 cm³/mol. The summed E-state index contributed by atoms with van der Waals surface area (Å²) in [6.07, 6.45) is 1.71. The fraction of sp³-hybridized carbons (Fsp3) is 0.500. The fourth-order valence-electron chi connectivity index (χ4n) is 0.902. The lowest BCUT2D eigenvalue weighted by Crippen LogP contribution is -2.21. The first-order valence-corrected chi connectivity index (χ1v) is 4.67. The maximum atomic E-state index is 11.1. The molecule has 0 fully saturated rings. The van der Waals surface area contributed by atoms with Crippen molar-refractivity contribution in [2.75, 3.05) is 6.54 Å². The molecule has 0 aromatic carbocycles. The molecular weight excluding hydrogens is 164 g/mol. The zero-order valence-corrected chi connectivity index (χ0v) is 8.77. The fourth-order valence-corrected chi connectivity index (χ4v) is 0.902. The van der Waals surface area contributed by atoms with E-state index in [2.05, 4.69) is 10.3 Å². The van der Waals surface area contributed by atoms with Crippen LogP contribution in [-0.4, -0.2) is 17.4 Å². The summed E-state index contributed by atoms with van der Waals surface area (Å²) in [5.74, 6) is -0.0168. The summed E-state index contributed by atoms with van der Waals surface area (Å²) in [7, 11) is 0. The van der Waals surface area contributed by atoms with E-state index in [-0.39, 0.29) is 5.91 Å². The highest BCUT2D eigenvalue weighted by Gasteiger charge is 2.03. The van der Waals surface area contributed by atoms with Crippen LogP contribution in [0.3, 0.4) is 0 Å². The third-order valence-corrected chi connectivity index (χ3v) is 1.43. The van der Waals surface area contributed by atoms with Gasteiger partial charge in [-0.3, -0.25) is 4.79 Å². The van der Waals surface area contributed by atoms with Crippen LogP contribution in [0.1, 0.15) is 36.8 Å². The first-order valence-electron chi connectivity index (χ1n) is 4.67. The van der Waals surface area contributed by atoms with Crippen molar-refractivity contribution in [1.29, 1.82) is 0 Å². The molecule has 3 nitrogen and oxygen atoms in total. The highest BCUT2D eigenvalue weighted by atomic mass is 16.1. The Morgan fingerprint density at radius 3 is 2.54 bits per heavy atom. The summed E-state index contributed by atoms with van der Waals surface area (Å²) in [6.45, 7) is 8.49. The van der Waals surface area contributed by atoms with Crippen molar-refractivity contribution in [2.24, 2.45) is 0 Å². The molecule has 0 radical (unpaired) electrons. The highest BCUT2D eigenvalue weighted by Crippen LogP contribution is 2.00. The molecule has 0 saturated heterocycles. The van der Waals surface area contributed by atoms with Crippen molar-refractivity contribution >= 4 is 5.91 Å². The Morgan fingerprint density at radius 1 is 1.54 bits per heavy atom. The summed E-state index contributed by atoms with van der Waals surface area (Å²) < 4.78 is 0. The highest BCUT2D eigenvalue weighted by molar-refractivity contribution is 5.94. The summed E-state index contributed by atoms with van der Waals surface area (Å²) in [5, 5.41) is 2.72. The Kier molecular flexibility index (Phi) is 5.68. The minimum Gasteiger partial charge on any atom is -0.364 e. The molecule has 0 unspecified atom stereocenters. The molecule has 0 bridgehead atoms. The summed E-state index contributed by atoms with van der Waals surface area (Å²) in [6, 6.07) is 1.82. The molecule has 1 rings (SSSR count). The van der Waals surface area contributed by atoms with Crippen molar-refractivity contribution < 1.29 is 4.79 Å². The van der Waals surface area contributed by atoms with Gasteiger partial charge in [-0.1, -0.05) is 13.8 Å². The Hall–Kier alpha value is -1.25. The van der Waals surface area contributed by atoms with Gasteiger partial charge in [0.1, 0.15) is 0 Å². The van der Waals surface area contributed by atoms with Crippen LogP contribution in [-0.2, 0) is 0 Å². The molecule has 13 heavy (non-hydrogen) atoms. The van der Waals surface area contributed by atoms with Gasteiger partial charge in [-0.25, -0.2) is 0 Å². The Morgan fingerprint density at radius 2 is 2.15 bits per heavy atom. The quantitative estimate of drug-likeness (QED) is 0.722. The maximum absolute atomic E-state index is 11.1. The van der Waals surface area contributed by atoms with Gasteiger partial charge in [0.25, 0.3) is 5.91 Å². The van der Waals surface area contributed by atoms with E-state index >= 15 is 0 Å². The molecular formula is C10H18N2O. The minimum absolute atomic E-state index is 0.0168. The van der Waals surface area contributed by atoms with Crippen molar-refractivity contribution in [2.45, 2.75) is 27.7 Å². The van der Waals surface area contributed by atoms with Gasteiger partial charge in [0.2, 0.25) is 0 Å². The van der Waals surface area contributed by atoms with Gasteiger partial charge in [0.05, 0.1) is 5.56 Å². The first kappa shape index (κ1) is 11.8. The predicted octanol–water partition coefficient (Wildman–Crippen LogP) is 2.10. The number of carbonyl (C=O) groups is 1. The van der Waals surface area contributed by atoms with E-state index in [1.165, 1.54) is 0 Å². The second kappa shape index (κ2) is 6.29. The Bertz CT molecular complexity index is 253. The zero-order chi connectivity index (χ0) is 10.3. The van der Waals surface area contributed by atoms with Crippen LogP contribution in [0, 0.1) is 6.92 Å². The smallest absolute Gasteiger partial charge is 0.252 e. The van der Waals surface area contributed by atoms with Crippen molar-refractivity contribution in [3.8, 4) is 0 Å². The zero-order valence-electron chi connectivity index (χ0n) is 8.77. The number of aryl methyl sites for hydroxylation is 1. The summed E-state index contributed by atoms with van der Waals surface area (Å²) >= 11 is 0. The first-order chi connectivity index (χ1) is 6.24. The van der Waals surface area contributed by atoms with Crippen LogP contribution in [0.4, 0.5) is 0 Å². The van der Waals surface area contributed by atoms with E-state index in [4.69, 9.17) is 0 Å². The average molecular weight is 182 g/mol. The molecule has 1 amide bonds. The number of aromatic nitrogens is 1. The molecule has 0 spiro atoms. The molecule has 3 heteroatoms. The second-order valence-electron chi connectivity index (χ2n) is 2.43. The number of amides is 1. The molecule has 0 aliphatic rings. The van der Waals surface area contributed by atoms with E-state index < -0.39 is 0 Å². The molecule has 1 aromatic heterocycles. The van der Waals surface area contributed by atoms with Gasteiger partial charge in [-0.2, -0.15) is 0 Å². The number of aromatic amines is 1. The van der Waals surface area contributed by atoms with Crippen LogP contribution < -0.4 is 5.32 Å². The molecule has 0 atom stereocenters. The molecule has 1 aromatic rings. The standard InChI is InChI=1S/C8H12N2O.C2H6/c1-3-9-8(11)7-4-6(2)10-5-7;1-2/h4-5,10H,3H2,1-2H3,(H,9,11);1-2H3. The molecule has 0 aliphatic carbocycles. The van der Waals surface area contributed by atoms with Crippen LogP contribution in [0.25, 0.3) is 0 Å². The maximum Gasteiger partial charge on any atom is 0.252 e. The number of hydrogen-bond acceptors (Lipinski definition) is 1. The topological polar surface area (TPSA) is 44.9 Å². The van der Waals surface area contributed by atoms with E-state index in [9.17, 15) is 4.79 Å². The number of H-pyrrole nitrogens is 1.